The fraction of sp³-hybridized carbons (Fsp3) is 0.208. The summed E-state index contributed by atoms with van der Waals surface area (Å²) in [7, 11) is -1.23. The number of nitrogens with zero attached hydrogens (tertiary/aromatic N) is 1. The van der Waals surface area contributed by atoms with Crippen LogP contribution in [0, 0.1) is 6.92 Å². The number of carbonyl (C=O) groups is 1. The molecule has 0 fully saturated rings. The van der Waals surface area contributed by atoms with Crippen molar-refractivity contribution in [1.29, 1.82) is 0 Å². The molecule has 174 valence electrons. The van der Waals surface area contributed by atoms with Crippen LogP contribution in [0.25, 0.3) is 0 Å². The SMILES string of the molecule is COc1ccc(N(CC(=O)NCc2ccccc2Cl)S(=O)(=O)c2cc(C)ccc2OC)cc1. The number of nitrogens with one attached hydrogen (secondary N) is 1. The highest BCUT2D eigenvalue weighted by Gasteiger charge is 2.30. The van der Waals surface area contributed by atoms with Gasteiger partial charge < -0.3 is 14.8 Å². The number of benzene rings is 3. The van der Waals surface area contributed by atoms with Gasteiger partial charge in [0, 0.05) is 11.6 Å². The molecule has 0 heterocycles. The highest BCUT2D eigenvalue weighted by atomic mass is 35.5. The molecule has 1 amide bonds. The number of hydrogen-bond acceptors (Lipinski definition) is 5. The molecule has 0 aliphatic rings. The fourth-order valence-electron chi connectivity index (χ4n) is 3.19. The molecule has 33 heavy (non-hydrogen) atoms. The van der Waals surface area contributed by atoms with Crippen molar-refractivity contribution < 1.29 is 22.7 Å². The lowest BCUT2D eigenvalue weighted by Crippen LogP contribution is -2.40. The molecular formula is C24H25ClN2O5S. The van der Waals surface area contributed by atoms with Crippen molar-refractivity contribution in [3.05, 3.63) is 82.9 Å². The van der Waals surface area contributed by atoms with Gasteiger partial charge in [0.25, 0.3) is 10.0 Å². The van der Waals surface area contributed by atoms with Crippen LogP contribution < -0.4 is 19.1 Å². The topological polar surface area (TPSA) is 84.9 Å². The number of hydrogen-bond donors (Lipinski definition) is 1. The van der Waals surface area contributed by atoms with E-state index in [0.717, 1.165) is 15.4 Å². The molecule has 0 aromatic heterocycles. The molecule has 0 saturated heterocycles. The van der Waals surface area contributed by atoms with Crippen molar-refractivity contribution in [2.24, 2.45) is 0 Å². The normalized spacial score (nSPS) is 11.0. The minimum atomic E-state index is -4.14. The van der Waals surface area contributed by atoms with Gasteiger partial charge >= 0.3 is 0 Å². The number of anilines is 1. The van der Waals surface area contributed by atoms with E-state index in [1.54, 1.807) is 61.5 Å². The smallest absolute Gasteiger partial charge is 0.268 e. The Balaban J connectivity index is 1.95. The van der Waals surface area contributed by atoms with Crippen LogP contribution in [-0.4, -0.2) is 35.1 Å². The minimum Gasteiger partial charge on any atom is -0.497 e. The van der Waals surface area contributed by atoms with E-state index in [1.165, 1.54) is 20.3 Å². The molecule has 3 aromatic rings. The zero-order valence-corrected chi connectivity index (χ0v) is 20.1. The summed E-state index contributed by atoms with van der Waals surface area (Å²) in [6.45, 7) is 1.52. The fourth-order valence-corrected chi connectivity index (χ4v) is 5.06. The highest BCUT2D eigenvalue weighted by Crippen LogP contribution is 2.31. The molecule has 0 spiro atoms. The first-order valence-corrected chi connectivity index (χ1v) is 11.9. The summed E-state index contributed by atoms with van der Waals surface area (Å²) in [6, 6.07) is 18.4. The molecule has 3 aromatic carbocycles. The third-order valence-corrected chi connectivity index (χ3v) is 7.13. The first-order chi connectivity index (χ1) is 15.8. The van der Waals surface area contributed by atoms with Crippen LogP contribution in [-0.2, 0) is 21.4 Å². The molecule has 0 bridgehead atoms. The van der Waals surface area contributed by atoms with Gasteiger partial charge in [-0.05, 0) is 60.5 Å². The third kappa shape index (κ3) is 5.77. The summed E-state index contributed by atoms with van der Waals surface area (Å²) in [6.07, 6.45) is 0. The van der Waals surface area contributed by atoms with Crippen molar-refractivity contribution in [3.8, 4) is 11.5 Å². The number of aryl methyl sites for hydroxylation is 1. The molecule has 0 unspecified atom stereocenters. The molecule has 0 atom stereocenters. The van der Waals surface area contributed by atoms with E-state index in [0.29, 0.717) is 16.5 Å². The Morgan fingerprint density at radius 3 is 2.33 bits per heavy atom. The zero-order chi connectivity index (χ0) is 24.0. The molecule has 0 radical (unpaired) electrons. The monoisotopic (exact) mass is 488 g/mol. The van der Waals surface area contributed by atoms with E-state index in [-0.39, 0.29) is 17.2 Å². The van der Waals surface area contributed by atoms with E-state index in [1.807, 2.05) is 6.07 Å². The maximum Gasteiger partial charge on any atom is 0.268 e. The minimum absolute atomic E-state index is 0.0280. The van der Waals surface area contributed by atoms with Crippen molar-refractivity contribution in [3.63, 3.8) is 0 Å². The summed E-state index contributed by atoms with van der Waals surface area (Å²) in [5.74, 6) is 0.268. The lowest BCUT2D eigenvalue weighted by Gasteiger charge is -2.25. The van der Waals surface area contributed by atoms with Crippen LogP contribution in [0.2, 0.25) is 5.02 Å². The largest absolute Gasteiger partial charge is 0.497 e. The summed E-state index contributed by atoms with van der Waals surface area (Å²) in [4.78, 5) is 12.8. The number of halogens is 1. The van der Waals surface area contributed by atoms with Gasteiger partial charge in [-0.2, -0.15) is 0 Å². The van der Waals surface area contributed by atoms with Gasteiger partial charge in [0.15, 0.2) is 0 Å². The van der Waals surface area contributed by atoms with E-state index < -0.39 is 22.5 Å². The number of methoxy groups -OCH3 is 2. The number of rotatable bonds is 9. The van der Waals surface area contributed by atoms with Crippen LogP contribution in [0.5, 0.6) is 11.5 Å². The first-order valence-electron chi connectivity index (χ1n) is 10.1. The van der Waals surface area contributed by atoms with Crippen molar-refractivity contribution in [2.45, 2.75) is 18.4 Å². The molecule has 0 saturated carbocycles. The standard InChI is InChI=1S/C24H25ClN2O5S/c1-17-8-13-22(32-3)23(14-17)33(29,30)27(19-9-11-20(31-2)12-10-19)16-24(28)26-15-18-6-4-5-7-21(18)25/h4-14H,15-16H2,1-3H3,(H,26,28). The molecule has 9 heteroatoms. The zero-order valence-electron chi connectivity index (χ0n) is 18.5. The number of sulfonamides is 1. The van der Waals surface area contributed by atoms with E-state index in [9.17, 15) is 13.2 Å². The number of carbonyl (C=O) groups excluding carboxylic acids is 1. The average Bonchev–Trinajstić information content (AvgIpc) is 2.82. The molecule has 0 aliphatic carbocycles. The maximum atomic E-state index is 13.7. The Bertz CT molecular complexity index is 1230. The highest BCUT2D eigenvalue weighted by molar-refractivity contribution is 7.93. The van der Waals surface area contributed by atoms with Gasteiger partial charge in [-0.15, -0.1) is 0 Å². The molecular weight excluding hydrogens is 464 g/mol. The van der Waals surface area contributed by atoms with Gasteiger partial charge in [0.1, 0.15) is 22.9 Å². The quantitative estimate of drug-likeness (QED) is 0.488. The van der Waals surface area contributed by atoms with Crippen LogP contribution in [0.3, 0.4) is 0 Å². The number of ether oxygens (including phenoxy) is 2. The van der Waals surface area contributed by atoms with Crippen molar-refractivity contribution in [2.75, 3.05) is 25.1 Å². The molecule has 1 N–H and O–H groups in total. The van der Waals surface area contributed by atoms with Crippen LogP contribution in [0.4, 0.5) is 5.69 Å². The van der Waals surface area contributed by atoms with Crippen molar-refractivity contribution >= 4 is 33.2 Å². The van der Waals surface area contributed by atoms with Crippen LogP contribution in [0.1, 0.15) is 11.1 Å². The Hall–Kier alpha value is -3.23. The Morgan fingerprint density at radius 1 is 1.00 bits per heavy atom. The summed E-state index contributed by atoms with van der Waals surface area (Å²) in [5, 5.41) is 3.26. The second kappa shape index (κ2) is 10.6. The van der Waals surface area contributed by atoms with Gasteiger partial charge in [-0.3, -0.25) is 9.10 Å². The van der Waals surface area contributed by atoms with Gasteiger partial charge in [0.2, 0.25) is 5.91 Å². The average molecular weight is 489 g/mol. The molecule has 3 rings (SSSR count). The van der Waals surface area contributed by atoms with Crippen molar-refractivity contribution in [1.82, 2.24) is 5.32 Å². The van der Waals surface area contributed by atoms with Gasteiger partial charge in [-0.25, -0.2) is 8.42 Å². The Labute approximate surface area is 198 Å². The third-order valence-electron chi connectivity index (χ3n) is 4.97. The van der Waals surface area contributed by atoms with Crippen LogP contribution >= 0.6 is 11.6 Å². The Morgan fingerprint density at radius 2 is 1.70 bits per heavy atom. The Kier molecular flexibility index (Phi) is 7.84. The predicted molar refractivity (Wildman–Crippen MR) is 129 cm³/mol. The summed E-state index contributed by atoms with van der Waals surface area (Å²) in [5.41, 5.74) is 1.78. The first kappa shape index (κ1) is 24.4. The second-order valence-electron chi connectivity index (χ2n) is 7.23. The maximum absolute atomic E-state index is 13.7. The number of amides is 1. The lowest BCUT2D eigenvalue weighted by atomic mass is 10.2. The molecule has 0 aliphatic heterocycles. The summed E-state index contributed by atoms with van der Waals surface area (Å²) >= 11 is 6.16. The van der Waals surface area contributed by atoms with Crippen LogP contribution in [0.15, 0.2) is 71.6 Å². The predicted octanol–water partition coefficient (Wildman–Crippen LogP) is 4.18. The molecule has 7 nitrogen and oxygen atoms in total. The summed E-state index contributed by atoms with van der Waals surface area (Å²) < 4.78 is 38.9. The van der Waals surface area contributed by atoms with Gasteiger partial charge in [-0.1, -0.05) is 35.9 Å². The van der Waals surface area contributed by atoms with E-state index in [4.69, 9.17) is 21.1 Å². The second-order valence-corrected chi connectivity index (χ2v) is 9.47. The van der Waals surface area contributed by atoms with E-state index in [2.05, 4.69) is 5.32 Å². The van der Waals surface area contributed by atoms with E-state index >= 15 is 0 Å². The lowest BCUT2D eigenvalue weighted by molar-refractivity contribution is -0.119. The van der Waals surface area contributed by atoms with Gasteiger partial charge in [0.05, 0.1) is 19.9 Å².